The van der Waals surface area contributed by atoms with Crippen LogP contribution in [0.15, 0.2) is 36.4 Å². The zero-order valence-electron chi connectivity index (χ0n) is 19.2. The molecule has 2 aromatic rings. The van der Waals surface area contributed by atoms with Gasteiger partial charge in [-0.1, -0.05) is 18.2 Å². The predicted molar refractivity (Wildman–Crippen MR) is 124 cm³/mol. The molecule has 1 saturated heterocycles. The maximum atomic E-state index is 12.1. The Hall–Kier alpha value is -2.29. The van der Waals surface area contributed by atoms with Crippen LogP contribution < -0.4 is 14.2 Å². The highest BCUT2D eigenvalue weighted by Gasteiger charge is 2.33. The van der Waals surface area contributed by atoms with E-state index in [-0.39, 0.29) is 24.2 Å². The van der Waals surface area contributed by atoms with Crippen molar-refractivity contribution in [3.8, 4) is 17.2 Å². The molecule has 0 spiro atoms. The quantitative estimate of drug-likeness (QED) is 0.580. The van der Waals surface area contributed by atoms with Gasteiger partial charge in [-0.25, -0.2) is 8.42 Å². The molecule has 0 bridgehead atoms. The second-order valence-corrected chi connectivity index (χ2v) is 10.6. The van der Waals surface area contributed by atoms with Gasteiger partial charge in [0, 0.05) is 19.1 Å². The lowest BCUT2D eigenvalue weighted by Gasteiger charge is -2.30. The summed E-state index contributed by atoms with van der Waals surface area (Å²) < 4.78 is 40.8. The minimum Gasteiger partial charge on any atom is -0.493 e. The number of ether oxygens (including phenoxy) is 3. The van der Waals surface area contributed by atoms with Gasteiger partial charge in [0.1, 0.15) is 18.5 Å². The molecule has 8 heteroatoms. The number of aliphatic hydroxyl groups is 1. The van der Waals surface area contributed by atoms with Crippen molar-refractivity contribution < 1.29 is 27.7 Å². The molecule has 7 nitrogen and oxygen atoms in total. The van der Waals surface area contributed by atoms with Gasteiger partial charge < -0.3 is 19.3 Å². The van der Waals surface area contributed by atoms with Crippen molar-refractivity contribution in [2.24, 2.45) is 0 Å². The average Bonchev–Trinajstić information content (AvgIpc) is 3.13. The Morgan fingerprint density at radius 2 is 1.84 bits per heavy atom. The van der Waals surface area contributed by atoms with E-state index in [1.165, 1.54) is 0 Å². The maximum absolute atomic E-state index is 12.1. The molecular formula is C24H33NO6S. The highest BCUT2D eigenvalue weighted by Crippen LogP contribution is 2.29. The topological polar surface area (TPSA) is 85.3 Å². The lowest BCUT2D eigenvalue weighted by molar-refractivity contribution is 0.0522. The van der Waals surface area contributed by atoms with Crippen LogP contribution in [-0.2, 0) is 16.4 Å². The molecule has 1 aliphatic rings. The van der Waals surface area contributed by atoms with Gasteiger partial charge in [0.15, 0.2) is 21.3 Å². The van der Waals surface area contributed by atoms with Crippen LogP contribution >= 0.6 is 0 Å². The van der Waals surface area contributed by atoms with Gasteiger partial charge in [-0.05, 0) is 55.2 Å². The Bertz CT molecular complexity index is 1020. The van der Waals surface area contributed by atoms with Crippen LogP contribution in [0.4, 0.5) is 0 Å². The van der Waals surface area contributed by atoms with Gasteiger partial charge in [0.25, 0.3) is 0 Å². The molecule has 0 amide bonds. The maximum Gasteiger partial charge on any atom is 0.161 e. The standard InChI is InChI=1S/C24H33NO6S/c1-17-6-5-7-22(18(17)2)31-15-21(26)14-25(20-10-11-32(27,28)16-20)13-19-8-9-23(29-3)24(12-19)30-4/h5-9,12,20-21,26H,10-11,13-16H2,1-4H3. The summed E-state index contributed by atoms with van der Waals surface area (Å²) in [5, 5.41) is 10.7. The molecule has 2 aromatic carbocycles. The Morgan fingerprint density at radius 1 is 1.09 bits per heavy atom. The summed E-state index contributed by atoms with van der Waals surface area (Å²) in [7, 11) is 0.107. The van der Waals surface area contributed by atoms with E-state index in [1.54, 1.807) is 14.2 Å². The van der Waals surface area contributed by atoms with E-state index in [1.807, 2.05) is 55.1 Å². The number of aryl methyl sites for hydroxylation is 1. The molecule has 1 heterocycles. The molecule has 0 aliphatic carbocycles. The first-order valence-corrected chi connectivity index (χ1v) is 12.6. The first-order chi connectivity index (χ1) is 15.2. The van der Waals surface area contributed by atoms with Crippen LogP contribution in [0.3, 0.4) is 0 Å². The molecule has 3 rings (SSSR count). The minimum absolute atomic E-state index is 0.102. The van der Waals surface area contributed by atoms with Gasteiger partial charge in [0.2, 0.25) is 0 Å². The molecule has 0 radical (unpaired) electrons. The van der Waals surface area contributed by atoms with Crippen LogP contribution in [0.25, 0.3) is 0 Å². The number of sulfone groups is 1. The van der Waals surface area contributed by atoms with Crippen molar-refractivity contribution >= 4 is 9.84 Å². The van der Waals surface area contributed by atoms with E-state index in [2.05, 4.69) is 0 Å². The van der Waals surface area contributed by atoms with Gasteiger partial charge in [-0.2, -0.15) is 0 Å². The molecule has 2 atom stereocenters. The van der Waals surface area contributed by atoms with E-state index < -0.39 is 15.9 Å². The van der Waals surface area contributed by atoms with Crippen LogP contribution in [0.2, 0.25) is 0 Å². The van der Waals surface area contributed by atoms with Crippen molar-refractivity contribution in [1.29, 1.82) is 0 Å². The molecule has 1 aliphatic heterocycles. The summed E-state index contributed by atoms with van der Waals surface area (Å²) in [6.45, 7) is 4.93. The number of hydrogen-bond acceptors (Lipinski definition) is 7. The monoisotopic (exact) mass is 463 g/mol. The van der Waals surface area contributed by atoms with E-state index in [0.29, 0.717) is 31.0 Å². The smallest absolute Gasteiger partial charge is 0.161 e. The third kappa shape index (κ3) is 6.15. The van der Waals surface area contributed by atoms with Gasteiger partial charge in [-0.15, -0.1) is 0 Å². The summed E-state index contributed by atoms with van der Waals surface area (Å²) in [5.74, 6) is 2.27. The zero-order chi connectivity index (χ0) is 23.3. The van der Waals surface area contributed by atoms with Crippen molar-refractivity contribution in [3.05, 3.63) is 53.1 Å². The van der Waals surface area contributed by atoms with E-state index >= 15 is 0 Å². The fourth-order valence-electron chi connectivity index (χ4n) is 4.01. The molecular weight excluding hydrogens is 430 g/mol. The van der Waals surface area contributed by atoms with Gasteiger partial charge in [0.05, 0.1) is 25.7 Å². The SMILES string of the molecule is COc1ccc(CN(CC(O)COc2cccc(C)c2C)C2CCS(=O)(=O)C2)cc1OC. The fraction of sp³-hybridized carbons (Fsp3) is 0.500. The average molecular weight is 464 g/mol. The minimum atomic E-state index is -3.06. The van der Waals surface area contributed by atoms with Crippen molar-refractivity contribution in [2.75, 3.05) is 38.9 Å². The number of benzene rings is 2. The number of aliphatic hydroxyl groups excluding tert-OH is 1. The lowest BCUT2D eigenvalue weighted by Crippen LogP contribution is -2.42. The Morgan fingerprint density at radius 3 is 2.50 bits per heavy atom. The van der Waals surface area contributed by atoms with Crippen LogP contribution in [0.1, 0.15) is 23.1 Å². The van der Waals surface area contributed by atoms with Gasteiger partial charge >= 0.3 is 0 Å². The summed E-state index contributed by atoms with van der Waals surface area (Å²) in [6, 6.07) is 11.3. The highest BCUT2D eigenvalue weighted by atomic mass is 32.2. The Balaban J connectivity index is 1.72. The lowest BCUT2D eigenvalue weighted by atomic mass is 10.1. The van der Waals surface area contributed by atoms with Crippen LogP contribution in [0, 0.1) is 13.8 Å². The fourth-order valence-corrected chi connectivity index (χ4v) is 5.77. The Kier molecular flexibility index (Phi) is 8.03. The molecule has 2 unspecified atom stereocenters. The molecule has 1 N–H and O–H groups in total. The van der Waals surface area contributed by atoms with E-state index in [4.69, 9.17) is 14.2 Å². The summed E-state index contributed by atoms with van der Waals surface area (Å²) >= 11 is 0. The molecule has 1 fully saturated rings. The normalized spacial score (nSPS) is 18.5. The van der Waals surface area contributed by atoms with Crippen LogP contribution in [-0.4, -0.2) is 69.4 Å². The Labute approximate surface area is 190 Å². The first-order valence-electron chi connectivity index (χ1n) is 10.7. The molecule has 32 heavy (non-hydrogen) atoms. The number of rotatable bonds is 10. The first kappa shape index (κ1) is 24.4. The van der Waals surface area contributed by atoms with Gasteiger partial charge in [-0.3, -0.25) is 4.90 Å². The highest BCUT2D eigenvalue weighted by molar-refractivity contribution is 7.91. The van der Waals surface area contributed by atoms with Crippen molar-refractivity contribution in [1.82, 2.24) is 4.90 Å². The van der Waals surface area contributed by atoms with Crippen LogP contribution in [0.5, 0.6) is 17.2 Å². The molecule has 0 aromatic heterocycles. The molecule has 0 saturated carbocycles. The number of hydrogen-bond donors (Lipinski definition) is 1. The second kappa shape index (κ2) is 10.6. The van der Waals surface area contributed by atoms with E-state index in [0.717, 1.165) is 22.4 Å². The van der Waals surface area contributed by atoms with E-state index in [9.17, 15) is 13.5 Å². The zero-order valence-corrected chi connectivity index (χ0v) is 20.0. The second-order valence-electron chi connectivity index (χ2n) is 8.34. The predicted octanol–water partition coefficient (Wildman–Crippen LogP) is 2.75. The number of nitrogens with zero attached hydrogens (tertiary/aromatic N) is 1. The molecule has 176 valence electrons. The third-order valence-corrected chi connectivity index (χ3v) is 7.74. The summed E-state index contributed by atoms with van der Waals surface area (Å²) in [6.07, 6.45) is -0.210. The summed E-state index contributed by atoms with van der Waals surface area (Å²) in [4.78, 5) is 2.03. The third-order valence-electron chi connectivity index (χ3n) is 5.99. The number of methoxy groups -OCH3 is 2. The summed E-state index contributed by atoms with van der Waals surface area (Å²) in [5.41, 5.74) is 3.13. The van der Waals surface area contributed by atoms with Crippen molar-refractivity contribution in [2.45, 2.75) is 39.0 Å². The van der Waals surface area contributed by atoms with Crippen molar-refractivity contribution in [3.63, 3.8) is 0 Å². The largest absolute Gasteiger partial charge is 0.493 e.